The summed E-state index contributed by atoms with van der Waals surface area (Å²) in [7, 11) is 0. The second-order valence-electron chi connectivity index (χ2n) is 21.5. The maximum absolute atomic E-state index is 12.6. The fraction of sp³-hybridized carbons (Fsp3) is 0.482. The normalized spacial score (nSPS) is 35.2. The quantitative estimate of drug-likeness (QED) is 0.0416. The SMILES string of the molecule is OCCC1C2CCc3cc(CCc4c(O)c(O)c5c(O)cccc5c4C=Cc4ccc(O)c(O)c4)ccc3C2NC2C1CC1CCCC13CCC14CCCC1C=CC(O)C4C23c1cnc[nH]1. The summed E-state index contributed by atoms with van der Waals surface area (Å²) in [5.74, 6) is 0.954. The third kappa shape index (κ3) is 5.86. The number of hydrogen-bond acceptors (Lipinski definition) is 9. The number of piperidine rings is 1. The molecule has 2 heterocycles. The predicted octanol–water partition coefficient (Wildman–Crippen LogP) is 9.49. The van der Waals surface area contributed by atoms with Crippen LogP contribution in [0, 0.1) is 46.3 Å². The number of nitrogens with zero attached hydrogens (tertiary/aromatic N) is 1. The molecule has 0 bridgehead atoms. The van der Waals surface area contributed by atoms with Crippen LogP contribution in [0.15, 0.2) is 79.3 Å². The second-order valence-corrected chi connectivity index (χ2v) is 21.5. The van der Waals surface area contributed by atoms with Crippen LogP contribution in [0.2, 0.25) is 0 Å². The molecule has 12 rings (SSSR count). The predicted molar refractivity (Wildman–Crippen MR) is 254 cm³/mol. The van der Waals surface area contributed by atoms with Crippen LogP contribution in [-0.2, 0) is 24.7 Å². The molecule has 12 unspecified atom stereocenters. The van der Waals surface area contributed by atoms with Gasteiger partial charge < -0.3 is 46.0 Å². The van der Waals surface area contributed by atoms with Gasteiger partial charge in [0.25, 0.3) is 0 Å². The minimum Gasteiger partial charge on any atom is -0.507 e. The van der Waals surface area contributed by atoms with E-state index in [0.29, 0.717) is 64.5 Å². The molecular formula is C56H63N3O7. The zero-order chi connectivity index (χ0) is 45.1. The average molecular weight is 890 g/mol. The van der Waals surface area contributed by atoms with Crippen LogP contribution in [0.4, 0.5) is 0 Å². The lowest BCUT2D eigenvalue weighted by Gasteiger charge is -2.74. The molecule has 0 amide bonds. The molecule has 4 saturated carbocycles. The van der Waals surface area contributed by atoms with E-state index in [1.54, 1.807) is 18.2 Å². The van der Waals surface area contributed by atoms with E-state index in [-0.39, 0.29) is 75.0 Å². The number of aryl methyl sites for hydroxylation is 2. The maximum atomic E-state index is 12.6. The standard InChI is InChI=1S/C56H63N3O7/c60-25-20-38-40-17-12-33-26-31(10-16-41-37(15-9-32-11-18-43(61)46(64)27-32)39-6-1-7-44(62)48(39)51(66)50(41)65)8-14-36(33)49(40)59-53-42(38)28-35-5-3-22-55(35)24-23-54-21-2-4-34(54)13-19-45(63)52(54)56(53,55)47-29-57-30-58-47/h1,6-9,11,13-15,18-19,26-27,29-30,34-35,38,40,42,45,49,52-53,59-66H,2-5,10,12,16-17,20-25,28H2,(H,57,58). The lowest BCUT2D eigenvalue weighted by Crippen LogP contribution is -2.77. The molecule has 2 spiro atoms. The zero-order valence-electron chi connectivity index (χ0n) is 37.5. The second kappa shape index (κ2) is 15.6. The van der Waals surface area contributed by atoms with E-state index in [0.717, 1.165) is 31.2 Å². The number of aromatic nitrogens is 2. The number of phenols is 5. The van der Waals surface area contributed by atoms with Crippen molar-refractivity contribution in [2.24, 2.45) is 46.3 Å². The van der Waals surface area contributed by atoms with Gasteiger partial charge in [0.1, 0.15) is 5.75 Å². The van der Waals surface area contributed by atoms with Crippen molar-refractivity contribution in [3.05, 3.63) is 118 Å². The fourth-order valence-electron chi connectivity index (χ4n) is 17.0. The summed E-state index contributed by atoms with van der Waals surface area (Å²) in [4.78, 5) is 8.56. The monoisotopic (exact) mass is 889 g/mol. The van der Waals surface area contributed by atoms with Gasteiger partial charge in [0.15, 0.2) is 23.0 Å². The van der Waals surface area contributed by atoms with Crippen LogP contribution < -0.4 is 5.32 Å². The first kappa shape index (κ1) is 42.1. The van der Waals surface area contributed by atoms with Gasteiger partial charge in [-0.2, -0.15) is 0 Å². The van der Waals surface area contributed by atoms with E-state index < -0.39 is 6.10 Å². The minimum atomic E-state index is -0.538. The summed E-state index contributed by atoms with van der Waals surface area (Å²) in [6.45, 7) is 0.169. The van der Waals surface area contributed by atoms with Crippen molar-refractivity contribution < 1.29 is 35.7 Å². The number of benzene rings is 4. The summed E-state index contributed by atoms with van der Waals surface area (Å²) in [5, 5.41) is 82.6. The van der Waals surface area contributed by atoms with Crippen LogP contribution >= 0.6 is 0 Å². The first-order valence-electron chi connectivity index (χ1n) is 24.8. The lowest BCUT2D eigenvalue weighted by molar-refractivity contribution is -0.209. The van der Waals surface area contributed by atoms with E-state index in [2.05, 4.69) is 46.8 Å². The highest BCUT2D eigenvalue weighted by atomic mass is 16.3. The first-order chi connectivity index (χ1) is 32.1. The van der Waals surface area contributed by atoms with Gasteiger partial charge in [0.2, 0.25) is 0 Å². The van der Waals surface area contributed by atoms with E-state index >= 15 is 0 Å². The van der Waals surface area contributed by atoms with E-state index in [9.17, 15) is 35.7 Å². The Kier molecular flexibility index (Phi) is 9.98. The van der Waals surface area contributed by atoms with E-state index in [1.165, 1.54) is 86.4 Å². The van der Waals surface area contributed by atoms with Crippen LogP contribution in [0.5, 0.6) is 28.7 Å². The number of H-pyrrole nitrogens is 1. The molecule has 5 fully saturated rings. The third-order valence-electron chi connectivity index (χ3n) is 19.3. The number of phenolic OH excluding ortho intramolecular Hbond substituents is 5. The number of imidazole rings is 1. The van der Waals surface area contributed by atoms with Crippen LogP contribution in [0.3, 0.4) is 0 Å². The highest BCUT2D eigenvalue weighted by molar-refractivity contribution is 6.03. The molecule has 66 heavy (non-hydrogen) atoms. The first-order valence-corrected chi connectivity index (χ1v) is 24.8. The molecule has 344 valence electrons. The Balaban J connectivity index is 0.924. The van der Waals surface area contributed by atoms with Gasteiger partial charge in [-0.15, -0.1) is 0 Å². The Labute approximate surface area is 386 Å². The molecule has 0 radical (unpaired) electrons. The number of allylic oxidation sites excluding steroid dienone is 1. The minimum absolute atomic E-state index is 0.0439. The summed E-state index contributed by atoms with van der Waals surface area (Å²) in [6, 6.07) is 16.7. The van der Waals surface area contributed by atoms with Crippen molar-refractivity contribution in [3.63, 3.8) is 0 Å². The van der Waals surface area contributed by atoms with Gasteiger partial charge in [0, 0.05) is 47.5 Å². The summed E-state index contributed by atoms with van der Waals surface area (Å²) >= 11 is 0. The molecule has 9 N–H and O–H groups in total. The van der Waals surface area contributed by atoms with Gasteiger partial charge in [-0.25, -0.2) is 4.98 Å². The van der Waals surface area contributed by atoms with E-state index in [1.807, 2.05) is 18.5 Å². The number of nitrogens with one attached hydrogen (secondary N) is 2. The van der Waals surface area contributed by atoms with Crippen molar-refractivity contribution in [2.75, 3.05) is 6.61 Å². The van der Waals surface area contributed by atoms with Crippen LogP contribution in [-0.4, -0.2) is 64.5 Å². The van der Waals surface area contributed by atoms with Crippen molar-refractivity contribution >= 4 is 22.9 Å². The number of aromatic amines is 1. The number of aromatic hydroxyl groups is 5. The van der Waals surface area contributed by atoms with Gasteiger partial charge in [-0.3, -0.25) is 0 Å². The van der Waals surface area contributed by atoms with Gasteiger partial charge in [-0.05, 0) is 169 Å². The summed E-state index contributed by atoms with van der Waals surface area (Å²) in [6.07, 6.45) is 26.1. The largest absolute Gasteiger partial charge is 0.507 e. The lowest BCUT2D eigenvalue weighted by atomic mass is 9.32. The Morgan fingerprint density at radius 3 is 2.52 bits per heavy atom. The molecule has 10 heteroatoms. The van der Waals surface area contributed by atoms with Crippen LogP contribution in [0.1, 0.15) is 116 Å². The highest BCUT2D eigenvalue weighted by Gasteiger charge is 2.77. The molecule has 12 atom stereocenters. The third-order valence-corrected chi connectivity index (χ3v) is 19.3. The number of hydrogen-bond donors (Lipinski definition) is 9. The summed E-state index contributed by atoms with van der Waals surface area (Å²) in [5.41, 5.74) is 6.55. The van der Waals surface area contributed by atoms with E-state index in [4.69, 9.17) is 4.98 Å². The Morgan fingerprint density at radius 2 is 1.68 bits per heavy atom. The molecule has 1 saturated heterocycles. The van der Waals surface area contributed by atoms with Crippen LogP contribution in [0.25, 0.3) is 22.9 Å². The molecule has 7 aliphatic rings. The molecule has 4 aromatic carbocycles. The average Bonchev–Trinajstić information content (AvgIpc) is 4.11. The van der Waals surface area contributed by atoms with Crippen molar-refractivity contribution in [3.8, 4) is 28.7 Å². The topological polar surface area (TPSA) is 182 Å². The molecular weight excluding hydrogens is 827 g/mol. The molecule has 1 aliphatic heterocycles. The number of aliphatic hydroxyl groups excluding tert-OH is 2. The number of aliphatic hydroxyl groups is 2. The van der Waals surface area contributed by atoms with Crippen molar-refractivity contribution in [2.45, 2.75) is 113 Å². The van der Waals surface area contributed by atoms with Gasteiger partial charge in [0.05, 0.1) is 17.8 Å². The van der Waals surface area contributed by atoms with Crippen molar-refractivity contribution in [1.29, 1.82) is 0 Å². The van der Waals surface area contributed by atoms with Crippen molar-refractivity contribution in [1.82, 2.24) is 15.3 Å². The summed E-state index contributed by atoms with van der Waals surface area (Å²) < 4.78 is 0. The number of rotatable bonds is 8. The Bertz CT molecular complexity index is 2770. The number of fused-ring (bicyclic) bond motifs is 7. The van der Waals surface area contributed by atoms with Gasteiger partial charge in [-0.1, -0.05) is 73.5 Å². The zero-order valence-corrected chi connectivity index (χ0v) is 37.5. The van der Waals surface area contributed by atoms with Gasteiger partial charge >= 0.3 is 0 Å². The molecule has 1 aromatic heterocycles. The Hall–Kier alpha value is -5.29. The smallest absolute Gasteiger partial charge is 0.169 e. The maximum Gasteiger partial charge on any atom is 0.169 e. The fourth-order valence-corrected chi connectivity index (χ4v) is 17.0. The highest BCUT2D eigenvalue weighted by Crippen LogP contribution is 2.78. The molecule has 6 aliphatic carbocycles. The molecule has 10 nitrogen and oxygen atoms in total. The molecule has 5 aromatic rings. The Morgan fingerprint density at radius 1 is 0.803 bits per heavy atom.